The van der Waals surface area contributed by atoms with Crippen molar-refractivity contribution >= 4 is 17.0 Å². The highest BCUT2D eigenvalue weighted by Crippen LogP contribution is 2.22. The van der Waals surface area contributed by atoms with E-state index in [4.69, 9.17) is 5.11 Å². The van der Waals surface area contributed by atoms with Crippen LogP contribution in [0.1, 0.15) is 10.4 Å². The number of nitrogens with zero attached hydrogens (tertiary/aromatic N) is 3. The van der Waals surface area contributed by atoms with Crippen LogP contribution in [0.5, 0.6) is 0 Å². The van der Waals surface area contributed by atoms with Gasteiger partial charge >= 0.3 is 5.97 Å². The lowest BCUT2D eigenvalue weighted by Gasteiger charge is -2.05. The number of benzene rings is 2. The molecule has 0 unspecified atom stereocenters. The minimum Gasteiger partial charge on any atom is -0.478 e. The Hall–Kier alpha value is -2.90. The summed E-state index contributed by atoms with van der Waals surface area (Å²) >= 11 is 0. The van der Waals surface area contributed by atoms with Gasteiger partial charge in [-0.05, 0) is 18.2 Å². The number of carboxylic acid groups (broad SMARTS) is 1. The van der Waals surface area contributed by atoms with Crippen LogP contribution in [-0.4, -0.2) is 26.1 Å². The van der Waals surface area contributed by atoms with E-state index in [1.165, 1.54) is 18.2 Å². The van der Waals surface area contributed by atoms with Crippen molar-refractivity contribution in [2.24, 2.45) is 0 Å². The summed E-state index contributed by atoms with van der Waals surface area (Å²) in [6, 6.07) is 4.95. The zero-order valence-electron chi connectivity index (χ0n) is 10.2. The monoisotopic (exact) mass is 293 g/mol. The van der Waals surface area contributed by atoms with Crippen molar-refractivity contribution in [3.05, 3.63) is 53.3 Å². The largest absolute Gasteiger partial charge is 0.478 e. The SMILES string of the molecule is O=C(O)c1ccc2c(c1)nnn2-c1cc(F)c(F)cc1F. The fourth-order valence-electron chi connectivity index (χ4n) is 1.91. The molecule has 0 aliphatic rings. The van der Waals surface area contributed by atoms with Gasteiger partial charge in [0.2, 0.25) is 0 Å². The standard InChI is InChI=1S/C13H6F3N3O2/c14-7-4-9(16)12(5-8(7)15)19-11-2-1-6(13(20)21)3-10(11)17-18-19/h1-5H,(H,20,21). The summed E-state index contributed by atoms with van der Waals surface area (Å²) in [6.45, 7) is 0. The molecular formula is C13H6F3N3O2. The van der Waals surface area contributed by atoms with E-state index < -0.39 is 23.4 Å². The summed E-state index contributed by atoms with van der Waals surface area (Å²) in [5.41, 5.74) is 0.128. The number of aromatic nitrogens is 3. The second kappa shape index (κ2) is 4.58. The van der Waals surface area contributed by atoms with E-state index in [1.54, 1.807) is 0 Å². The molecule has 0 radical (unpaired) electrons. The van der Waals surface area contributed by atoms with Crippen LogP contribution in [-0.2, 0) is 0 Å². The molecule has 5 nitrogen and oxygen atoms in total. The molecule has 3 aromatic rings. The molecule has 0 atom stereocenters. The topological polar surface area (TPSA) is 68.0 Å². The summed E-state index contributed by atoms with van der Waals surface area (Å²) in [7, 11) is 0. The Morgan fingerprint density at radius 2 is 1.76 bits per heavy atom. The van der Waals surface area contributed by atoms with Crippen molar-refractivity contribution in [3.8, 4) is 5.69 Å². The maximum Gasteiger partial charge on any atom is 0.335 e. The third-order valence-electron chi connectivity index (χ3n) is 2.91. The van der Waals surface area contributed by atoms with Gasteiger partial charge in [0.15, 0.2) is 17.5 Å². The normalized spacial score (nSPS) is 11.0. The molecule has 1 aromatic heterocycles. The first kappa shape index (κ1) is 13.1. The van der Waals surface area contributed by atoms with E-state index in [1.807, 2.05) is 0 Å². The van der Waals surface area contributed by atoms with Crippen molar-refractivity contribution in [3.63, 3.8) is 0 Å². The van der Waals surface area contributed by atoms with Crippen LogP contribution < -0.4 is 0 Å². The Kier molecular flexibility index (Phi) is 2.86. The van der Waals surface area contributed by atoms with Crippen LogP contribution in [0.4, 0.5) is 13.2 Å². The highest BCUT2D eigenvalue weighted by atomic mass is 19.2. The minimum atomic E-state index is -1.31. The van der Waals surface area contributed by atoms with Crippen LogP contribution in [0.2, 0.25) is 0 Å². The number of hydrogen-bond donors (Lipinski definition) is 1. The lowest BCUT2D eigenvalue weighted by atomic mass is 10.2. The number of fused-ring (bicyclic) bond motifs is 1. The van der Waals surface area contributed by atoms with Gasteiger partial charge in [-0.1, -0.05) is 5.21 Å². The number of hydrogen-bond acceptors (Lipinski definition) is 3. The Balaban J connectivity index is 2.22. The fourth-order valence-corrected chi connectivity index (χ4v) is 1.91. The number of aromatic carboxylic acids is 1. The molecule has 0 amide bonds. The maximum atomic E-state index is 13.7. The Morgan fingerprint density at radius 3 is 2.48 bits per heavy atom. The summed E-state index contributed by atoms with van der Waals surface area (Å²) in [6.07, 6.45) is 0. The molecule has 8 heteroatoms. The minimum absolute atomic E-state index is 0.0136. The average molecular weight is 293 g/mol. The Bertz CT molecular complexity index is 876. The molecule has 0 aliphatic carbocycles. The maximum absolute atomic E-state index is 13.7. The van der Waals surface area contributed by atoms with Gasteiger partial charge in [0, 0.05) is 12.1 Å². The van der Waals surface area contributed by atoms with Crippen molar-refractivity contribution in [1.29, 1.82) is 0 Å². The number of rotatable bonds is 2. The molecule has 1 heterocycles. The summed E-state index contributed by atoms with van der Waals surface area (Å²) in [5.74, 6) is -4.69. The molecule has 0 fully saturated rings. The van der Waals surface area contributed by atoms with Gasteiger partial charge < -0.3 is 5.11 Å². The Labute approximate surface area is 115 Å². The highest BCUT2D eigenvalue weighted by molar-refractivity contribution is 5.92. The van der Waals surface area contributed by atoms with Crippen molar-refractivity contribution < 1.29 is 23.1 Å². The van der Waals surface area contributed by atoms with Gasteiger partial charge in [-0.15, -0.1) is 5.10 Å². The first-order valence-corrected chi connectivity index (χ1v) is 5.71. The average Bonchev–Trinajstić information content (AvgIpc) is 2.85. The number of carbonyl (C=O) groups is 1. The molecule has 0 saturated heterocycles. The zero-order valence-corrected chi connectivity index (χ0v) is 10.2. The smallest absolute Gasteiger partial charge is 0.335 e. The molecule has 0 bridgehead atoms. The van der Waals surface area contributed by atoms with Crippen molar-refractivity contribution in [2.75, 3.05) is 0 Å². The first-order chi connectivity index (χ1) is 9.97. The second-order valence-electron chi connectivity index (χ2n) is 4.23. The predicted octanol–water partition coefficient (Wildman–Crippen LogP) is 2.54. The molecule has 2 aromatic carbocycles. The van der Waals surface area contributed by atoms with E-state index in [0.717, 1.165) is 4.68 Å². The lowest BCUT2D eigenvalue weighted by molar-refractivity contribution is 0.0697. The van der Waals surface area contributed by atoms with Crippen LogP contribution in [0, 0.1) is 17.5 Å². The predicted molar refractivity (Wildman–Crippen MR) is 65.7 cm³/mol. The molecule has 106 valence electrons. The van der Waals surface area contributed by atoms with Gasteiger partial charge in [-0.25, -0.2) is 22.6 Å². The molecule has 21 heavy (non-hydrogen) atoms. The van der Waals surface area contributed by atoms with Gasteiger partial charge in [0.05, 0.1) is 11.1 Å². The molecule has 1 N–H and O–H groups in total. The highest BCUT2D eigenvalue weighted by Gasteiger charge is 2.16. The van der Waals surface area contributed by atoms with Crippen molar-refractivity contribution in [1.82, 2.24) is 15.0 Å². The van der Waals surface area contributed by atoms with Gasteiger partial charge in [0.25, 0.3) is 0 Å². The van der Waals surface area contributed by atoms with Crippen molar-refractivity contribution in [2.45, 2.75) is 0 Å². The summed E-state index contributed by atoms with van der Waals surface area (Å²) in [5, 5.41) is 16.2. The third-order valence-corrected chi connectivity index (χ3v) is 2.91. The first-order valence-electron chi connectivity index (χ1n) is 5.71. The number of carboxylic acids is 1. The van der Waals surface area contributed by atoms with Crippen LogP contribution >= 0.6 is 0 Å². The third kappa shape index (κ3) is 2.10. The van der Waals surface area contributed by atoms with E-state index in [2.05, 4.69) is 10.3 Å². The van der Waals surface area contributed by atoms with Crippen LogP contribution in [0.3, 0.4) is 0 Å². The van der Waals surface area contributed by atoms with E-state index >= 15 is 0 Å². The summed E-state index contributed by atoms with van der Waals surface area (Å²) in [4.78, 5) is 10.9. The lowest BCUT2D eigenvalue weighted by Crippen LogP contribution is -2.02. The van der Waals surface area contributed by atoms with Crippen LogP contribution in [0.15, 0.2) is 30.3 Å². The second-order valence-corrected chi connectivity index (χ2v) is 4.23. The van der Waals surface area contributed by atoms with Gasteiger partial charge in [-0.3, -0.25) is 0 Å². The molecule has 0 saturated carbocycles. The molecule has 0 aliphatic heterocycles. The van der Waals surface area contributed by atoms with E-state index in [9.17, 15) is 18.0 Å². The fraction of sp³-hybridized carbons (Fsp3) is 0. The molecule has 0 spiro atoms. The van der Waals surface area contributed by atoms with E-state index in [0.29, 0.717) is 12.1 Å². The van der Waals surface area contributed by atoms with Gasteiger partial charge in [0.1, 0.15) is 11.2 Å². The Morgan fingerprint density at radius 1 is 1.05 bits per heavy atom. The number of halogens is 3. The van der Waals surface area contributed by atoms with E-state index in [-0.39, 0.29) is 22.3 Å². The summed E-state index contributed by atoms with van der Waals surface area (Å²) < 4.78 is 40.9. The molecular weight excluding hydrogens is 287 g/mol. The quantitative estimate of drug-likeness (QED) is 0.737. The van der Waals surface area contributed by atoms with Crippen LogP contribution in [0.25, 0.3) is 16.7 Å². The molecule has 3 rings (SSSR count). The van der Waals surface area contributed by atoms with Gasteiger partial charge in [-0.2, -0.15) is 0 Å². The zero-order chi connectivity index (χ0) is 15.1.